The maximum atomic E-state index is 13.7. The van der Waals surface area contributed by atoms with Crippen LogP contribution in [0.2, 0.25) is 0 Å². The van der Waals surface area contributed by atoms with Crippen molar-refractivity contribution in [3.63, 3.8) is 0 Å². The summed E-state index contributed by atoms with van der Waals surface area (Å²) in [7, 11) is 0. The van der Waals surface area contributed by atoms with E-state index in [0.717, 1.165) is 21.7 Å². The SMILES string of the molecule is Cc1cc(C(O)c2cccc(F)c2F)c(C)cc1Br. The normalized spacial score (nSPS) is 12.5. The van der Waals surface area contributed by atoms with E-state index in [1.165, 1.54) is 12.1 Å². The fourth-order valence-electron chi connectivity index (χ4n) is 2.00. The molecule has 1 unspecified atom stereocenters. The van der Waals surface area contributed by atoms with Crippen LogP contribution in [-0.4, -0.2) is 5.11 Å². The third-order valence-electron chi connectivity index (χ3n) is 3.12. The fraction of sp³-hybridized carbons (Fsp3) is 0.200. The van der Waals surface area contributed by atoms with Crippen LogP contribution in [0.3, 0.4) is 0 Å². The highest BCUT2D eigenvalue weighted by atomic mass is 79.9. The van der Waals surface area contributed by atoms with Crippen LogP contribution >= 0.6 is 15.9 Å². The quantitative estimate of drug-likeness (QED) is 0.865. The summed E-state index contributed by atoms with van der Waals surface area (Å²) < 4.78 is 27.8. The summed E-state index contributed by atoms with van der Waals surface area (Å²) in [5.41, 5.74) is 2.26. The molecule has 100 valence electrons. The zero-order valence-corrected chi connectivity index (χ0v) is 12.1. The van der Waals surface area contributed by atoms with E-state index < -0.39 is 17.7 Å². The molecule has 1 N–H and O–H groups in total. The molecule has 0 spiro atoms. The molecule has 19 heavy (non-hydrogen) atoms. The molecule has 2 aromatic rings. The van der Waals surface area contributed by atoms with Crippen molar-refractivity contribution in [1.29, 1.82) is 0 Å². The van der Waals surface area contributed by atoms with Gasteiger partial charge in [0.05, 0.1) is 0 Å². The first-order valence-electron chi connectivity index (χ1n) is 5.80. The third kappa shape index (κ3) is 2.69. The minimum Gasteiger partial charge on any atom is -0.384 e. The first-order valence-corrected chi connectivity index (χ1v) is 6.59. The Balaban J connectivity index is 2.53. The number of aliphatic hydroxyl groups excluding tert-OH is 1. The Labute approximate surface area is 119 Å². The number of aryl methyl sites for hydroxylation is 2. The van der Waals surface area contributed by atoms with E-state index in [1.807, 2.05) is 19.9 Å². The smallest absolute Gasteiger partial charge is 0.164 e. The maximum absolute atomic E-state index is 13.7. The highest BCUT2D eigenvalue weighted by molar-refractivity contribution is 9.10. The minimum atomic E-state index is -1.18. The largest absolute Gasteiger partial charge is 0.384 e. The van der Waals surface area contributed by atoms with Crippen LogP contribution in [0, 0.1) is 25.5 Å². The molecular formula is C15H13BrF2O. The topological polar surface area (TPSA) is 20.2 Å². The summed E-state index contributed by atoms with van der Waals surface area (Å²) in [5.74, 6) is -1.96. The van der Waals surface area contributed by atoms with Gasteiger partial charge in [-0.25, -0.2) is 8.78 Å². The first kappa shape index (κ1) is 14.2. The maximum Gasteiger partial charge on any atom is 0.164 e. The van der Waals surface area contributed by atoms with Crippen molar-refractivity contribution >= 4 is 15.9 Å². The van der Waals surface area contributed by atoms with E-state index in [-0.39, 0.29) is 5.56 Å². The number of hydrogen-bond donors (Lipinski definition) is 1. The lowest BCUT2D eigenvalue weighted by molar-refractivity contribution is 0.212. The number of aliphatic hydroxyl groups is 1. The molecule has 1 atom stereocenters. The number of halogens is 3. The highest BCUT2D eigenvalue weighted by Crippen LogP contribution is 2.30. The predicted molar refractivity (Wildman–Crippen MR) is 74.0 cm³/mol. The van der Waals surface area contributed by atoms with Crippen molar-refractivity contribution < 1.29 is 13.9 Å². The van der Waals surface area contributed by atoms with E-state index >= 15 is 0 Å². The molecule has 4 heteroatoms. The second kappa shape index (κ2) is 5.39. The van der Waals surface area contributed by atoms with Crippen LogP contribution in [0.4, 0.5) is 8.78 Å². The van der Waals surface area contributed by atoms with Crippen LogP contribution in [0.25, 0.3) is 0 Å². The Morgan fingerprint density at radius 1 is 1.05 bits per heavy atom. The molecule has 0 saturated heterocycles. The average Bonchev–Trinajstić information content (AvgIpc) is 2.36. The Morgan fingerprint density at radius 3 is 2.42 bits per heavy atom. The van der Waals surface area contributed by atoms with E-state index in [2.05, 4.69) is 15.9 Å². The first-order chi connectivity index (χ1) is 8.91. The van der Waals surface area contributed by atoms with E-state index in [9.17, 15) is 13.9 Å². The second-order valence-electron chi connectivity index (χ2n) is 4.50. The molecule has 0 aliphatic rings. The van der Waals surface area contributed by atoms with Crippen LogP contribution in [0.1, 0.15) is 28.4 Å². The summed E-state index contributed by atoms with van der Waals surface area (Å²) in [4.78, 5) is 0. The van der Waals surface area contributed by atoms with Gasteiger partial charge in [0, 0.05) is 10.0 Å². The second-order valence-corrected chi connectivity index (χ2v) is 5.36. The molecule has 0 heterocycles. The van der Waals surface area contributed by atoms with Gasteiger partial charge in [-0.05, 0) is 42.7 Å². The molecule has 0 radical (unpaired) electrons. The van der Waals surface area contributed by atoms with Gasteiger partial charge in [-0.1, -0.05) is 34.1 Å². The van der Waals surface area contributed by atoms with Gasteiger partial charge in [-0.15, -0.1) is 0 Å². The Kier molecular flexibility index (Phi) is 4.02. The van der Waals surface area contributed by atoms with Crippen molar-refractivity contribution in [2.45, 2.75) is 20.0 Å². The Hall–Kier alpha value is -1.26. The minimum absolute atomic E-state index is 0.0511. The van der Waals surface area contributed by atoms with Crippen LogP contribution in [0.15, 0.2) is 34.8 Å². The molecule has 2 aromatic carbocycles. The molecule has 0 aromatic heterocycles. The summed E-state index contributed by atoms with van der Waals surface area (Å²) in [6.45, 7) is 3.70. The molecule has 1 nitrogen and oxygen atoms in total. The molecule has 0 aliphatic carbocycles. The lowest BCUT2D eigenvalue weighted by atomic mass is 9.95. The molecule has 2 rings (SSSR count). The fourth-order valence-corrected chi connectivity index (χ4v) is 2.45. The molecule has 0 fully saturated rings. The highest BCUT2D eigenvalue weighted by Gasteiger charge is 2.19. The molecule has 0 saturated carbocycles. The Bertz CT molecular complexity index is 626. The number of rotatable bonds is 2. The molecular weight excluding hydrogens is 314 g/mol. The molecule has 0 amide bonds. The average molecular weight is 327 g/mol. The zero-order chi connectivity index (χ0) is 14.2. The van der Waals surface area contributed by atoms with Gasteiger partial charge in [0.25, 0.3) is 0 Å². The monoisotopic (exact) mass is 326 g/mol. The van der Waals surface area contributed by atoms with E-state index in [0.29, 0.717) is 5.56 Å². The summed E-state index contributed by atoms with van der Waals surface area (Å²) in [5, 5.41) is 10.3. The number of benzene rings is 2. The third-order valence-corrected chi connectivity index (χ3v) is 3.97. The zero-order valence-electron chi connectivity index (χ0n) is 10.5. The summed E-state index contributed by atoms with van der Waals surface area (Å²) in [6.07, 6.45) is -1.18. The van der Waals surface area contributed by atoms with Gasteiger partial charge in [0.15, 0.2) is 11.6 Å². The van der Waals surface area contributed by atoms with Crippen molar-refractivity contribution in [3.05, 3.63) is 68.7 Å². The summed E-state index contributed by atoms with van der Waals surface area (Å²) >= 11 is 3.40. The van der Waals surface area contributed by atoms with Gasteiger partial charge in [0.2, 0.25) is 0 Å². The van der Waals surface area contributed by atoms with Crippen LogP contribution < -0.4 is 0 Å². The van der Waals surface area contributed by atoms with Gasteiger partial charge in [0.1, 0.15) is 6.10 Å². The predicted octanol–water partition coefficient (Wildman–Crippen LogP) is 4.43. The van der Waals surface area contributed by atoms with Crippen molar-refractivity contribution in [3.8, 4) is 0 Å². The van der Waals surface area contributed by atoms with Crippen molar-refractivity contribution in [2.24, 2.45) is 0 Å². The lowest BCUT2D eigenvalue weighted by Gasteiger charge is -2.16. The van der Waals surface area contributed by atoms with E-state index in [4.69, 9.17) is 0 Å². The van der Waals surface area contributed by atoms with Crippen LogP contribution in [0.5, 0.6) is 0 Å². The van der Waals surface area contributed by atoms with Gasteiger partial charge < -0.3 is 5.11 Å². The Morgan fingerprint density at radius 2 is 1.74 bits per heavy atom. The standard InChI is InChI=1S/C15H13BrF2O/c1-8-7-12(16)9(2)6-11(8)15(19)10-4-3-5-13(17)14(10)18/h3-7,15,19H,1-2H3. The van der Waals surface area contributed by atoms with E-state index in [1.54, 1.807) is 6.07 Å². The molecule has 0 aliphatic heterocycles. The number of hydrogen-bond acceptors (Lipinski definition) is 1. The van der Waals surface area contributed by atoms with Crippen molar-refractivity contribution in [2.75, 3.05) is 0 Å². The van der Waals surface area contributed by atoms with Gasteiger partial charge in [-0.3, -0.25) is 0 Å². The van der Waals surface area contributed by atoms with Crippen molar-refractivity contribution in [1.82, 2.24) is 0 Å². The summed E-state index contributed by atoms with van der Waals surface area (Å²) in [6, 6.07) is 7.43. The lowest BCUT2D eigenvalue weighted by Crippen LogP contribution is -2.06. The van der Waals surface area contributed by atoms with Gasteiger partial charge >= 0.3 is 0 Å². The van der Waals surface area contributed by atoms with Gasteiger partial charge in [-0.2, -0.15) is 0 Å². The van der Waals surface area contributed by atoms with Crippen LogP contribution in [-0.2, 0) is 0 Å². The molecule has 0 bridgehead atoms.